The van der Waals surface area contributed by atoms with Gasteiger partial charge in [-0.15, -0.1) is 0 Å². The van der Waals surface area contributed by atoms with E-state index in [1.165, 1.54) is 38.5 Å². The molecule has 2 fully saturated rings. The van der Waals surface area contributed by atoms with Gasteiger partial charge >= 0.3 is 0 Å². The third kappa shape index (κ3) is 2.68. The van der Waals surface area contributed by atoms with Crippen LogP contribution in [0.25, 0.3) is 0 Å². The monoisotopic (exact) mass is 234 g/mol. The Morgan fingerprint density at radius 3 is 2.71 bits per heavy atom. The van der Waals surface area contributed by atoms with E-state index in [2.05, 4.69) is 10.4 Å². The third-order valence-electron chi connectivity index (χ3n) is 4.00. The van der Waals surface area contributed by atoms with Crippen molar-refractivity contribution in [3.63, 3.8) is 0 Å². The lowest BCUT2D eigenvalue weighted by Crippen LogP contribution is -2.18. The number of nitrogens with one attached hydrogen (secondary N) is 1. The molecule has 0 spiro atoms. The Kier molecular flexibility index (Phi) is 3.14. The number of hydrogen-bond acceptors (Lipinski definition) is 3. The van der Waals surface area contributed by atoms with E-state index in [0.717, 1.165) is 30.7 Å². The lowest BCUT2D eigenvalue weighted by atomic mass is 10.1. The van der Waals surface area contributed by atoms with Crippen molar-refractivity contribution in [2.75, 3.05) is 6.54 Å². The molecule has 0 atom stereocenters. The molecule has 1 aromatic heterocycles. The van der Waals surface area contributed by atoms with Gasteiger partial charge in [0.15, 0.2) is 5.82 Å². The molecule has 4 heteroatoms. The molecule has 0 bridgehead atoms. The van der Waals surface area contributed by atoms with Crippen LogP contribution >= 0.6 is 0 Å². The first-order chi connectivity index (χ1) is 8.33. The molecule has 0 radical (unpaired) electrons. The third-order valence-corrected chi connectivity index (χ3v) is 4.00. The largest absolute Gasteiger partial charge is 0.310 e. The van der Waals surface area contributed by atoms with Crippen LogP contribution in [0.15, 0.2) is 0 Å². The van der Waals surface area contributed by atoms with Gasteiger partial charge in [0.05, 0.1) is 6.54 Å². The Balaban J connectivity index is 1.58. The Labute approximate surface area is 103 Å². The van der Waals surface area contributed by atoms with Crippen LogP contribution in [0.5, 0.6) is 0 Å². The lowest BCUT2D eigenvalue weighted by molar-refractivity contribution is 0.588. The molecule has 2 aliphatic rings. The SMILES string of the molecule is Cn1nc(C2CCCC2)nc1CNCC1CC1. The van der Waals surface area contributed by atoms with E-state index in [-0.39, 0.29) is 0 Å². The summed E-state index contributed by atoms with van der Waals surface area (Å²) in [5, 5.41) is 8.06. The Hall–Kier alpha value is -0.900. The van der Waals surface area contributed by atoms with E-state index in [9.17, 15) is 0 Å². The van der Waals surface area contributed by atoms with Gasteiger partial charge in [-0.2, -0.15) is 5.10 Å². The lowest BCUT2D eigenvalue weighted by Gasteiger charge is -2.02. The minimum absolute atomic E-state index is 0.624. The zero-order chi connectivity index (χ0) is 11.7. The fourth-order valence-electron chi connectivity index (χ4n) is 2.66. The van der Waals surface area contributed by atoms with Crippen molar-refractivity contribution in [2.45, 2.75) is 51.0 Å². The van der Waals surface area contributed by atoms with Crippen LogP contribution in [-0.4, -0.2) is 21.3 Å². The molecule has 0 aromatic carbocycles. The minimum atomic E-state index is 0.624. The summed E-state index contributed by atoms with van der Waals surface area (Å²) in [6, 6.07) is 0. The summed E-state index contributed by atoms with van der Waals surface area (Å²) in [5.74, 6) is 3.72. The Morgan fingerprint density at radius 2 is 2.00 bits per heavy atom. The molecular weight excluding hydrogens is 212 g/mol. The predicted octanol–water partition coefficient (Wildman–Crippen LogP) is 1.97. The summed E-state index contributed by atoms with van der Waals surface area (Å²) in [5.41, 5.74) is 0. The highest BCUT2D eigenvalue weighted by Crippen LogP contribution is 2.32. The highest BCUT2D eigenvalue weighted by atomic mass is 15.3. The first-order valence-corrected chi connectivity index (χ1v) is 6.93. The molecule has 0 saturated heterocycles. The van der Waals surface area contributed by atoms with Crippen LogP contribution in [0, 0.1) is 5.92 Å². The molecule has 0 aliphatic heterocycles. The number of nitrogens with zero attached hydrogens (tertiary/aromatic N) is 3. The van der Waals surface area contributed by atoms with E-state index in [1.54, 1.807) is 0 Å². The quantitative estimate of drug-likeness (QED) is 0.847. The second kappa shape index (κ2) is 4.77. The van der Waals surface area contributed by atoms with Crippen LogP contribution in [0.4, 0.5) is 0 Å². The second-order valence-corrected chi connectivity index (χ2v) is 5.57. The summed E-state index contributed by atoms with van der Waals surface area (Å²) < 4.78 is 1.95. The maximum Gasteiger partial charge on any atom is 0.154 e. The summed E-state index contributed by atoms with van der Waals surface area (Å²) in [6.07, 6.45) is 8.05. The molecule has 1 heterocycles. The molecule has 17 heavy (non-hydrogen) atoms. The molecule has 1 N–H and O–H groups in total. The second-order valence-electron chi connectivity index (χ2n) is 5.57. The van der Waals surface area contributed by atoms with Gasteiger partial charge in [0, 0.05) is 13.0 Å². The van der Waals surface area contributed by atoms with Crippen molar-refractivity contribution in [3.05, 3.63) is 11.6 Å². The van der Waals surface area contributed by atoms with Gasteiger partial charge in [0.25, 0.3) is 0 Å². The summed E-state index contributed by atoms with van der Waals surface area (Å²) in [6.45, 7) is 2.01. The average Bonchev–Trinajstić information content (AvgIpc) is 2.85. The highest BCUT2D eigenvalue weighted by molar-refractivity contribution is 5.01. The van der Waals surface area contributed by atoms with Crippen LogP contribution < -0.4 is 5.32 Å². The molecule has 4 nitrogen and oxygen atoms in total. The van der Waals surface area contributed by atoms with Gasteiger partial charge in [0.2, 0.25) is 0 Å². The number of aryl methyl sites for hydroxylation is 1. The molecule has 2 aliphatic carbocycles. The van der Waals surface area contributed by atoms with Crippen molar-refractivity contribution in [1.82, 2.24) is 20.1 Å². The van der Waals surface area contributed by atoms with Crippen LogP contribution in [0.1, 0.15) is 56.1 Å². The first-order valence-electron chi connectivity index (χ1n) is 6.93. The number of aromatic nitrogens is 3. The average molecular weight is 234 g/mol. The molecule has 1 aromatic rings. The predicted molar refractivity (Wildman–Crippen MR) is 66.6 cm³/mol. The zero-order valence-corrected chi connectivity index (χ0v) is 10.7. The fourth-order valence-corrected chi connectivity index (χ4v) is 2.66. The molecule has 94 valence electrons. The van der Waals surface area contributed by atoms with E-state index in [0.29, 0.717) is 5.92 Å². The van der Waals surface area contributed by atoms with Crippen molar-refractivity contribution < 1.29 is 0 Å². The normalized spacial score (nSPS) is 21.2. The summed E-state index contributed by atoms with van der Waals surface area (Å²) in [7, 11) is 2.01. The van der Waals surface area contributed by atoms with Crippen LogP contribution in [0.2, 0.25) is 0 Å². The zero-order valence-electron chi connectivity index (χ0n) is 10.7. The summed E-state index contributed by atoms with van der Waals surface area (Å²) >= 11 is 0. The van der Waals surface area contributed by atoms with E-state index < -0.39 is 0 Å². The molecule has 0 amide bonds. The van der Waals surface area contributed by atoms with Crippen molar-refractivity contribution in [2.24, 2.45) is 13.0 Å². The Bertz CT molecular complexity index is 375. The Morgan fingerprint density at radius 1 is 1.24 bits per heavy atom. The number of hydrogen-bond donors (Lipinski definition) is 1. The maximum atomic E-state index is 4.70. The van der Waals surface area contributed by atoms with Crippen molar-refractivity contribution in [1.29, 1.82) is 0 Å². The molecular formula is C13H22N4. The summed E-state index contributed by atoms with van der Waals surface area (Å²) in [4.78, 5) is 4.70. The standard InChI is InChI=1S/C13H22N4/c1-17-12(9-14-8-10-6-7-10)15-13(16-17)11-4-2-3-5-11/h10-11,14H,2-9H2,1H3. The van der Waals surface area contributed by atoms with E-state index in [4.69, 9.17) is 4.98 Å². The van der Waals surface area contributed by atoms with Gasteiger partial charge in [-0.05, 0) is 38.1 Å². The maximum absolute atomic E-state index is 4.70. The molecule has 3 rings (SSSR count). The molecule has 0 unspecified atom stereocenters. The topological polar surface area (TPSA) is 42.7 Å². The van der Waals surface area contributed by atoms with Crippen LogP contribution in [-0.2, 0) is 13.6 Å². The highest BCUT2D eigenvalue weighted by Gasteiger charge is 2.23. The number of rotatable bonds is 5. The van der Waals surface area contributed by atoms with E-state index in [1.807, 2.05) is 11.7 Å². The smallest absolute Gasteiger partial charge is 0.154 e. The van der Waals surface area contributed by atoms with Gasteiger partial charge in [0.1, 0.15) is 5.82 Å². The van der Waals surface area contributed by atoms with E-state index >= 15 is 0 Å². The van der Waals surface area contributed by atoms with Gasteiger partial charge in [-0.1, -0.05) is 12.8 Å². The van der Waals surface area contributed by atoms with Crippen LogP contribution in [0.3, 0.4) is 0 Å². The first kappa shape index (κ1) is 11.2. The van der Waals surface area contributed by atoms with Gasteiger partial charge in [-0.25, -0.2) is 4.98 Å². The van der Waals surface area contributed by atoms with Crippen molar-refractivity contribution >= 4 is 0 Å². The fraction of sp³-hybridized carbons (Fsp3) is 0.846. The molecule has 2 saturated carbocycles. The van der Waals surface area contributed by atoms with Gasteiger partial charge in [-0.3, -0.25) is 4.68 Å². The minimum Gasteiger partial charge on any atom is -0.310 e. The van der Waals surface area contributed by atoms with Gasteiger partial charge < -0.3 is 5.32 Å². The van der Waals surface area contributed by atoms with Crippen molar-refractivity contribution in [3.8, 4) is 0 Å².